The van der Waals surface area contributed by atoms with Crippen LogP contribution in [0.25, 0.3) is 6.08 Å². The number of carbonyl (C=O) groups excluding carboxylic acids is 3. The van der Waals surface area contributed by atoms with Crippen LogP contribution < -0.4 is 9.64 Å². The van der Waals surface area contributed by atoms with Crippen LogP contribution in [-0.4, -0.2) is 36.5 Å². The second-order valence-electron chi connectivity index (χ2n) is 10.8. The summed E-state index contributed by atoms with van der Waals surface area (Å²) in [6.45, 7) is 2.03. The number of ketones is 3. The number of hydrogen-bond donors (Lipinski definition) is 0. The molecule has 2 aliphatic heterocycles. The van der Waals surface area contributed by atoms with Crippen LogP contribution >= 0.6 is 0 Å². The summed E-state index contributed by atoms with van der Waals surface area (Å²) in [6, 6.07) is 28.3. The molecule has 5 heteroatoms. The van der Waals surface area contributed by atoms with E-state index in [-0.39, 0.29) is 17.3 Å². The highest BCUT2D eigenvalue weighted by Gasteiger charge is 2.71. The molecule has 0 N–H and O–H groups in total. The zero-order valence-electron chi connectivity index (χ0n) is 22.2. The molecule has 0 unspecified atom stereocenters. The second-order valence-corrected chi connectivity index (χ2v) is 10.8. The summed E-state index contributed by atoms with van der Waals surface area (Å²) in [4.78, 5) is 46.0. The second kappa shape index (κ2) is 8.88. The van der Waals surface area contributed by atoms with Crippen molar-refractivity contribution >= 4 is 29.1 Å². The van der Waals surface area contributed by atoms with Crippen molar-refractivity contribution in [2.45, 2.75) is 24.9 Å². The number of anilines is 1. The minimum atomic E-state index is -1.52. The van der Waals surface area contributed by atoms with Gasteiger partial charge in [-0.3, -0.25) is 14.4 Å². The molecule has 40 heavy (non-hydrogen) atoms. The van der Waals surface area contributed by atoms with Gasteiger partial charge in [0.05, 0.1) is 13.2 Å². The predicted molar refractivity (Wildman–Crippen MR) is 154 cm³/mol. The Hall–Kier alpha value is -4.77. The third kappa shape index (κ3) is 3.18. The number of aryl methyl sites for hydroxylation is 1. The molecule has 0 bridgehead atoms. The van der Waals surface area contributed by atoms with Gasteiger partial charge >= 0.3 is 0 Å². The summed E-state index contributed by atoms with van der Waals surface area (Å²) in [5, 5.41) is 0. The van der Waals surface area contributed by atoms with Gasteiger partial charge < -0.3 is 9.64 Å². The Morgan fingerprint density at radius 2 is 1.52 bits per heavy atom. The fraction of sp³-hybridized carbons (Fsp3) is 0.171. The number of fused-ring (bicyclic) bond motifs is 5. The molecule has 1 saturated heterocycles. The van der Waals surface area contributed by atoms with E-state index in [2.05, 4.69) is 6.07 Å². The molecule has 3 atom stereocenters. The van der Waals surface area contributed by atoms with Crippen molar-refractivity contribution in [1.29, 1.82) is 0 Å². The summed E-state index contributed by atoms with van der Waals surface area (Å²) < 4.78 is 5.57. The summed E-state index contributed by atoms with van der Waals surface area (Å²) in [6.07, 6.45) is 3.95. The van der Waals surface area contributed by atoms with Gasteiger partial charge in [-0.05, 0) is 42.3 Å². The van der Waals surface area contributed by atoms with Crippen molar-refractivity contribution in [1.82, 2.24) is 0 Å². The average Bonchev–Trinajstić information content (AvgIpc) is 3.43. The number of rotatable bonds is 4. The standard InChI is InChI=1S/C35H27NO4/c1-21-15-17-28-23(19-21)16-18-29-35(33(38)26-13-6-7-14-27(26)34(35)39)30(24-11-8-12-25(20-24)40-2)31(36(28)29)32(37)22-9-4-3-5-10-22/h3-20,29-31H,1-2H3/t29-,30+,31-/m1/s1. The van der Waals surface area contributed by atoms with Crippen LogP contribution in [0.1, 0.15) is 53.7 Å². The van der Waals surface area contributed by atoms with E-state index in [1.165, 1.54) is 0 Å². The summed E-state index contributed by atoms with van der Waals surface area (Å²) in [7, 11) is 1.59. The number of Topliss-reactive ketones (excluding diaryl/α,β-unsaturated/α-hetero) is 3. The van der Waals surface area contributed by atoms with Gasteiger partial charge in [-0.1, -0.05) is 90.5 Å². The van der Waals surface area contributed by atoms with Crippen LogP contribution in [0, 0.1) is 12.3 Å². The number of carbonyl (C=O) groups is 3. The first-order valence-electron chi connectivity index (χ1n) is 13.5. The highest BCUT2D eigenvalue weighted by atomic mass is 16.5. The predicted octanol–water partition coefficient (Wildman–Crippen LogP) is 6.32. The molecular weight excluding hydrogens is 498 g/mol. The van der Waals surface area contributed by atoms with Crippen molar-refractivity contribution in [3.63, 3.8) is 0 Å². The van der Waals surface area contributed by atoms with Crippen molar-refractivity contribution in [3.8, 4) is 5.75 Å². The third-order valence-corrected chi connectivity index (χ3v) is 8.74. The van der Waals surface area contributed by atoms with E-state index in [0.29, 0.717) is 22.4 Å². The lowest BCUT2D eigenvalue weighted by Gasteiger charge is -2.37. The number of ether oxygens (including phenoxy) is 1. The normalized spacial score (nSPS) is 21.8. The minimum absolute atomic E-state index is 0.131. The van der Waals surface area contributed by atoms with Crippen LogP contribution in [0.4, 0.5) is 5.69 Å². The minimum Gasteiger partial charge on any atom is -0.497 e. The maximum atomic E-state index is 14.7. The maximum Gasteiger partial charge on any atom is 0.185 e. The van der Waals surface area contributed by atoms with Gasteiger partial charge in [-0.25, -0.2) is 0 Å². The molecule has 4 aromatic rings. The van der Waals surface area contributed by atoms with Crippen LogP contribution in [0.5, 0.6) is 5.75 Å². The third-order valence-electron chi connectivity index (χ3n) is 8.74. The van der Waals surface area contributed by atoms with Gasteiger partial charge in [-0.2, -0.15) is 0 Å². The van der Waals surface area contributed by atoms with Crippen LogP contribution in [0.2, 0.25) is 0 Å². The molecule has 0 aromatic heterocycles. The molecular formula is C35H27NO4. The Bertz CT molecular complexity index is 1700. The lowest BCUT2D eigenvalue weighted by molar-refractivity contribution is 0.0665. The zero-order chi connectivity index (χ0) is 27.6. The SMILES string of the molecule is COc1cccc([C@H]2[C@H](C(=O)c3ccccc3)N3c4ccc(C)cc4C=C[C@@H]3C23C(=O)c2ccccc2C3=O)c1. The molecule has 0 amide bonds. The van der Waals surface area contributed by atoms with Gasteiger partial charge in [0.15, 0.2) is 17.3 Å². The molecule has 7 rings (SSSR count). The first-order chi connectivity index (χ1) is 19.5. The Balaban J connectivity index is 1.56. The van der Waals surface area contributed by atoms with Gasteiger partial charge in [0.2, 0.25) is 0 Å². The summed E-state index contributed by atoms with van der Waals surface area (Å²) >= 11 is 0. The van der Waals surface area contributed by atoms with E-state index in [1.807, 2.05) is 78.6 Å². The van der Waals surface area contributed by atoms with Crippen LogP contribution in [0.3, 0.4) is 0 Å². The average molecular weight is 526 g/mol. The first-order valence-corrected chi connectivity index (χ1v) is 13.5. The Kier molecular flexibility index (Phi) is 5.39. The molecule has 4 aromatic carbocycles. The number of benzene rings is 4. The molecule has 1 aliphatic carbocycles. The quantitative estimate of drug-likeness (QED) is 0.231. The largest absolute Gasteiger partial charge is 0.497 e. The van der Waals surface area contributed by atoms with Gasteiger partial charge in [-0.15, -0.1) is 0 Å². The summed E-state index contributed by atoms with van der Waals surface area (Å²) in [5.41, 5.74) is 3.45. The lowest BCUT2D eigenvalue weighted by Crippen LogP contribution is -2.48. The number of nitrogens with zero attached hydrogens (tertiary/aromatic N) is 1. The maximum absolute atomic E-state index is 14.7. The number of hydrogen-bond acceptors (Lipinski definition) is 5. The van der Waals surface area contributed by atoms with E-state index in [4.69, 9.17) is 4.74 Å². The highest BCUT2D eigenvalue weighted by Crippen LogP contribution is 2.61. The molecule has 2 heterocycles. The Labute approximate surface area is 232 Å². The lowest BCUT2D eigenvalue weighted by atomic mass is 9.64. The molecule has 0 radical (unpaired) electrons. The molecule has 3 aliphatic rings. The van der Waals surface area contributed by atoms with E-state index < -0.39 is 23.4 Å². The topological polar surface area (TPSA) is 63.7 Å². The van der Waals surface area contributed by atoms with Crippen LogP contribution in [0.15, 0.2) is 103 Å². The van der Waals surface area contributed by atoms with E-state index >= 15 is 0 Å². The fourth-order valence-corrected chi connectivity index (χ4v) is 7.08. The molecule has 1 spiro atoms. The van der Waals surface area contributed by atoms with Crippen molar-refractivity contribution in [2.75, 3.05) is 12.0 Å². The highest BCUT2D eigenvalue weighted by molar-refractivity contribution is 6.32. The smallest absolute Gasteiger partial charge is 0.185 e. The van der Waals surface area contributed by atoms with Crippen molar-refractivity contribution < 1.29 is 19.1 Å². The van der Waals surface area contributed by atoms with Gasteiger partial charge in [0, 0.05) is 28.3 Å². The fourth-order valence-electron chi connectivity index (χ4n) is 7.08. The molecule has 196 valence electrons. The van der Waals surface area contributed by atoms with Gasteiger partial charge in [0.25, 0.3) is 0 Å². The van der Waals surface area contributed by atoms with E-state index in [1.54, 1.807) is 43.5 Å². The van der Waals surface area contributed by atoms with Crippen molar-refractivity contribution in [2.24, 2.45) is 5.41 Å². The Morgan fingerprint density at radius 3 is 2.23 bits per heavy atom. The summed E-state index contributed by atoms with van der Waals surface area (Å²) in [5.74, 6) is -0.761. The molecule has 1 fully saturated rings. The monoisotopic (exact) mass is 525 g/mol. The number of methoxy groups -OCH3 is 1. The molecule has 5 nitrogen and oxygen atoms in total. The first kappa shape index (κ1) is 24.3. The van der Waals surface area contributed by atoms with E-state index in [9.17, 15) is 14.4 Å². The van der Waals surface area contributed by atoms with Crippen molar-refractivity contribution in [3.05, 3.63) is 137 Å². The van der Waals surface area contributed by atoms with Crippen LogP contribution in [-0.2, 0) is 0 Å². The zero-order valence-corrected chi connectivity index (χ0v) is 22.2. The van der Waals surface area contributed by atoms with Gasteiger partial charge in [0.1, 0.15) is 17.2 Å². The van der Waals surface area contributed by atoms with E-state index in [0.717, 1.165) is 22.4 Å². The molecule has 0 saturated carbocycles. The Morgan fingerprint density at radius 1 is 0.825 bits per heavy atom.